The van der Waals surface area contributed by atoms with Crippen molar-refractivity contribution in [2.45, 2.75) is 26.2 Å². The van der Waals surface area contributed by atoms with E-state index in [2.05, 4.69) is 4.98 Å². The summed E-state index contributed by atoms with van der Waals surface area (Å²) in [5, 5.41) is 1.70. The third-order valence-corrected chi connectivity index (χ3v) is 3.89. The van der Waals surface area contributed by atoms with E-state index >= 15 is 0 Å². The highest BCUT2D eigenvalue weighted by atomic mass is 35.5. The minimum atomic E-state index is -0.317. The number of hydrogen-bond acceptors (Lipinski definition) is 3. The molecule has 1 aromatic carbocycles. The lowest BCUT2D eigenvalue weighted by Crippen LogP contribution is -2.04. The zero-order valence-electron chi connectivity index (χ0n) is 10.7. The highest BCUT2D eigenvalue weighted by Gasteiger charge is 2.19. The Balaban J connectivity index is 2.14. The predicted octanol–water partition coefficient (Wildman–Crippen LogP) is 3.55. The largest absolute Gasteiger partial charge is 0.462 e. The number of aryl methyl sites for hydroxylation is 1. The van der Waals surface area contributed by atoms with Gasteiger partial charge < -0.3 is 4.74 Å². The Labute approximate surface area is 116 Å². The lowest BCUT2D eigenvalue weighted by molar-refractivity contribution is 0.0526. The molecule has 0 N–H and O–H groups in total. The maximum Gasteiger partial charge on any atom is 0.338 e. The van der Waals surface area contributed by atoms with E-state index in [9.17, 15) is 4.79 Å². The zero-order valence-corrected chi connectivity index (χ0v) is 11.5. The number of ether oxygens (including phenoxy) is 1. The van der Waals surface area contributed by atoms with Crippen molar-refractivity contribution in [2.75, 3.05) is 6.61 Å². The second-order valence-corrected chi connectivity index (χ2v) is 5.03. The van der Waals surface area contributed by atoms with Crippen LogP contribution in [0.1, 0.15) is 35.0 Å². The highest BCUT2D eigenvalue weighted by molar-refractivity contribution is 6.36. The second kappa shape index (κ2) is 4.82. The average Bonchev–Trinajstić information content (AvgIpc) is 2.87. The molecule has 1 aliphatic carbocycles. The molecule has 4 heteroatoms. The summed E-state index contributed by atoms with van der Waals surface area (Å²) in [4.78, 5) is 16.4. The summed E-state index contributed by atoms with van der Waals surface area (Å²) in [5.41, 5.74) is 3.53. The molecule has 0 saturated heterocycles. The Morgan fingerprint density at radius 2 is 2.26 bits per heavy atom. The first-order chi connectivity index (χ1) is 9.20. The van der Waals surface area contributed by atoms with Crippen molar-refractivity contribution >= 4 is 28.5 Å². The van der Waals surface area contributed by atoms with Gasteiger partial charge in [-0.3, -0.25) is 4.98 Å². The molecule has 98 valence electrons. The lowest BCUT2D eigenvalue weighted by Gasteiger charge is -2.08. The highest BCUT2D eigenvalue weighted by Crippen LogP contribution is 2.33. The van der Waals surface area contributed by atoms with E-state index in [0.717, 1.165) is 46.4 Å². The van der Waals surface area contributed by atoms with Crippen LogP contribution in [0.15, 0.2) is 18.2 Å². The van der Waals surface area contributed by atoms with Gasteiger partial charge in [0.05, 0.1) is 22.7 Å². The fraction of sp³-hybridized carbons (Fsp3) is 0.333. The molecule has 0 radical (unpaired) electrons. The molecular formula is C15H14ClNO2. The Kier molecular flexibility index (Phi) is 3.15. The lowest BCUT2D eigenvalue weighted by atomic mass is 10.1. The fourth-order valence-electron chi connectivity index (χ4n) is 2.55. The van der Waals surface area contributed by atoms with Crippen LogP contribution in [0.3, 0.4) is 0 Å². The summed E-state index contributed by atoms with van der Waals surface area (Å²) in [7, 11) is 0. The van der Waals surface area contributed by atoms with Crippen molar-refractivity contribution in [1.82, 2.24) is 4.98 Å². The molecule has 3 rings (SSSR count). The van der Waals surface area contributed by atoms with E-state index in [1.165, 1.54) is 0 Å². The van der Waals surface area contributed by atoms with Crippen molar-refractivity contribution in [1.29, 1.82) is 0 Å². The van der Waals surface area contributed by atoms with Crippen LogP contribution in [-0.2, 0) is 17.6 Å². The third-order valence-electron chi connectivity index (χ3n) is 3.45. The van der Waals surface area contributed by atoms with Crippen LogP contribution in [0.4, 0.5) is 0 Å². The van der Waals surface area contributed by atoms with Crippen LogP contribution in [0.5, 0.6) is 0 Å². The number of pyridine rings is 1. The predicted molar refractivity (Wildman–Crippen MR) is 74.7 cm³/mol. The Hall–Kier alpha value is -1.61. The summed E-state index contributed by atoms with van der Waals surface area (Å²) >= 11 is 6.42. The molecule has 0 amide bonds. The van der Waals surface area contributed by atoms with E-state index in [0.29, 0.717) is 12.2 Å². The van der Waals surface area contributed by atoms with Gasteiger partial charge in [0, 0.05) is 11.1 Å². The molecule has 0 atom stereocenters. The molecule has 3 nitrogen and oxygen atoms in total. The smallest absolute Gasteiger partial charge is 0.338 e. The number of hydrogen-bond donors (Lipinski definition) is 0. The quantitative estimate of drug-likeness (QED) is 0.787. The molecule has 2 aromatic rings. The number of carbonyl (C=O) groups is 1. The van der Waals surface area contributed by atoms with E-state index in [1.807, 2.05) is 6.07 Å². The number of rotatable bonds is 2. The first kappa shape index (κ1) is 12.4. The van der Waals surface area contributed by atoms with Crippen LogP contribution >= 0.6 is 11.6 Å². The van der Waals surface area contributed by atoms with Crippen LogP contribution in [0, 0.1) is 0 Å². The zero-order chi connectivity index (χ0) is 13.4. The SMILES string of the molecule is CCOC(=O)c1ccc2c(Cl)c3c(nc2c1)CCC3. The summed E-state index contributed by atoms with van der Waals surface area (Å²) in [6, 6.07) is 5.36. The van der Waals surface area contributed by atoms with E-state index in [-0.39, 0.29) is 5.97 Å². The van der Waals surface area contributed by atoms with Gasteiger partial charge in [0.2, 0.25) is 0 Å². The van der Waals surface area contributed by atoms with Crippen molar-refractivity contribution < 1.29 is 9.53 Å². The van der Waals surface area contributed by atoms with Gasteiger partial charge in [-0.05, 0) is 43.9 Å². The Morgan fingerprint density at radius 1 is 1.42 bits per heavy atom. The molecule has 0 fully saturated rings. The van der Waals surface area contributed by atoms with Crippen LogP contribution < -0.4 is 0 Å². The van der Waals surface area contributed by atoms with Gasteiger partial charge >= 0.3 is 5.97 Å². The summed E-state index contributed by atoms with van der Waals surface area (Å²) < 4.78 is 5.00. The van der Waals surface area contributed by atoms with Gasteiger partial charge in [-0.15, -0.1) is 0 Å². The van der Waals surface area contributed by atoms with E-state index in [4.69, 9.17) is 16.3 Å². The second-order valence-electron chi connectivity index (χ2n) is 4.66. The number of esters is 1. The third kappa shape index (κ3) is 2.08. The molecule has 0 spiro atoms. The Morgan fingerprint density at radius 3 is 3.05 bits per heavy atom. The van der Waals surface area contributed by atoms with Gasteiger partial charge in [0.25, 0.3) is 0 Å². The molecule has 0 saturated carbocycles. The van der Waals surface area contributed by atoms with Gasteiger partial charge in [0.15, 0.2) is 0 Å². The maximum absolute atomic E-state index is 11.7. The van der Waals surface area contributed by atoms with Gasteiger partial charge in [0.1, 0.15) is 0 Å². The van der Waals surface area contributed by atoms with Crippen molar-refractivity contribution in [3.8, 4) is 0 Å². The minimum Gasteiger partial charge on any atom is -0.462 e. The van der Waals surface area contributed by atoms with E-state index < -0.39 is 0 Å². The molecule has 19 heavy (non-hydrogen) atoms. The fourth-order valence-corrected chi connectivity index (χ4v) is 2.91. The standard InChI is InChI=1S/C15H14ClNO2/c1-2-19-15(18)9-6-7-11-13(8-9)17-12-5-3-4-10(12)14(11)16/h6-8H,2-5H2,1H3. The normalized spacial score (nSPS) is 13.6. The van der Waals surface area contributed by atoms with E-state index in [1.54, 1.807) is 19.1 Å². The Bertz CT molecular complexity index is 667. The molecule has 1 heterocycles. The van der Waals surface area contributed by atoms with Crippen LogP contribution in [0.25, 0.3) is 10.9 Å². The number of carbonyl (C=O) groups excluding carboxylic acids is 1. The van der Waals surface area contributed by atoms with Gasteiger partial charge in [-0.1, -0.05) is 17.7 Å². The van der Waals surface area contributed by atoms with Crippen molar-refractivity contribution in [3.63, 3.8) is 0 Å². The summed E-state index contributed by atoms with van der Waals surface area (Å²) in [6.45, 7) is 2.16. The van der Waals surface area contributed by atoms with Gasteiger partial charge in [-0.2, -0.15) is 0 Å². The number of benzene rings is 1. The summed E-state index contributed by atoms with van der Waals surface area (Å²) in [5.74, 6) is -0.317. The monoisotopic (exact) mass is 275 g/mol. The van der Waals surface area contributed by atoms with Crippen LogP contribution in [0.2, 0.25) is 5.02 Å². The molecule has 1 aromatic heterocycles. The molecule has 0 bridgehead atoms. The first-order valence-electron chi connectivity index (χ1n) is 6.49. The minimum absolute atomic E-state index is 0.317. The van der Waals surface area contributed by atoms with Crippen molar-refractivity contribution in [2.24, 2.45) is 0 Å². The first-order valence-corrected chi connectivity index (χ1v) is 6.86. The number of halogens is 1. The average molecular weight is 276 g/mol. The number of fused-ring (bicyclic) bond motifs is 2. The molecular weight excluding hydrogens is 262 g/mol. The van der Waals surface area contributed by atoms with Gasteiger partial charge in [-0.25, -0.2) is 4.79 Å². The molecule has 0 unspecified atom stereocenters. The maximum atomic E-state index is 11.7. The van der Waals surface area contributed by atoms with Crippen molar-refractivity contribution in [3.05, 3.63) is 40.0 Å². The van der Waals surface area contributed by atoms with Crippen LogP contribution in [-0.4, -0.2) is 17.6 Å². The molecule has 0 aliphatic heterocycles. The number of aromatic nitrogens is 1. The molecule has 1 aliphatic rings. The number of nitrogens with zero attached hydrogens (tertiary/aromatic N) is 1. The summed E-state index contributed by atoms with van der Waals surface area (Å²) in [6.07, 6.45) is 3.06. The topological polar surface area (TPSA) is 39.2 Å².